The molecule has 2 rings (SSSR count). The molecule has 104 valence electrons. The number of aromatic nitrogens is 2. The third kappa shape index (κ3) is 2.60. The molecule has 0 bridgehead atoms. The van der Waals surface area contributed by atoms with Crippen molar-refractivity contribution in [2.24, 2.45) is 0 Å². The van der Waals surface area contributed by atoms with E-state index in [9.17, 15) is 4.79 Å². The fourth-order valence-electron chi connectivity index (χ4n) is 1.79. The quantitative estimate of drug-likeness (QED) is 0.534. The van der Waals surface area contributed by atoms with Crippen LogP contribution in [0.25, 0.3) is 5.69 Å². The standard InChI is InChI=1S/C14H15N3O2S/c1-9-4-6-10(7-5-9)17-12(15)11(13(18)19-2)8-16-14(17)20-3/h4-8,15H,1-3H3. The van der Waals surface area contributed by atoms with Gasteiger partial charge in [-0.2, -0.15) is 0 Å². The smallest absolute Gasteiger partial charge is 0.343 e. The highest BCUT2D eigenvalue weighted by Gasteiger charge is 2.14. The molecule has 0 spiro atoms. The number of rotatable bonds is 3. The molecule has 5 nitrogen and oxygen atoms in total. The highest BCUT2D eigenvalue weighted by Crippen LogP contribution is 2.16. The van der Waals surface area contributed by atoms with Gasteiger partial charge in [-0.15, -0.1) is 0 Å². The van der Waals surface area contributed by atoms with E-state index >= 15 is 0 Å². The Labute approximate surface area is 121 Å². The fraction of sp³-hybridized carbons (Fsp3) is 0.214. The highest BCUT2D eigenvalue weighted by atomic mass is 32.2. The number of hydrogen-bond acceptors (Lipinski definition) is 5. The zero-order valence-corrected chi connectivity index (χ0v) is 12.3. The van der Waals surface area contributed by atoms with Crippen molar-refractivity contribution in [2.45, 2.75) is 12.1 Å². The molecule has 20 heavy (non-hydrogen) atoms. The number of methoxy groups -OCH3 is 1. The number of benzene rings is 1. The Kier molecular flexibility index (Phi) is 4.24. The molecule has 0 aliphatic carbocycles. The fourth-order valence-corrected chi connectivity index (χ4v) is 2.33. The summed E-state index contributed by atoms with van der Waals surface area (Å²) in [4.78, 5) is 15.9. The van der Waals surface area contributed by atoms with Crippen LogP contribution in [0.3, 0.4) is 0 Å². The van der Waals surface area contributed by atoms with E-state index in [0.717, 1.165) is 11.3 Å². The molecule has 6 heteroatoms. The average molecular weight is 289 g/mol. The molecule has 0 atom stereocenters. The van der Waals surface area contributed by atoms with Crippen LogP contribution in [0.4, 0.5) is 0 Å². The predicted octanol–water partition coefficient (Wildman–Crippen LogP) is 2.17. The first-order valence-electron chi connectivity index (χ1n) is 5.94. The first-order valence-corrected chi connectivity index (χ1v) is 7.17. The zero-order chi connectivity index (χ0) is 14.7. The van der Waals surface area contributed by atoms with E-state index < -0.39 is 5.97 Å². The van der Waals surface area contributed by atoms with Crippen molar-refractivity contribution in [1.82, 2.24) is 9.55 Å². The van der Waals surface area contributed by atoms with Gasteiger partial charge >= 0.3 is 5.97 Å². The molecule has 0 aliphatic heterocycles. The maximum atomic E-state index is 11.7. The lowest BCUT2D eigenvalue weighted by molar-refractivity contribution is 0.0596. The Morgan fingerprint density at radius 1 is 1.35 bits per heavy atom. The van der Waals surface area contributed by atoms with Crippen LogP contribution in [0.5, 0.6) is 0 Å². The first kappa shape index (κ1) is 14.3. The van der Waals surface area contributed by atoms with Gasteiger partial charge in [-0.25, -0.2) is 9.78 Å². The first-order chi connectivity index (χ1) is 9.58. The molecule has 1 N–H and O–H groups in total. The number of thioether (sulfide) groups is 1. The molecular formula is C14H15N3O2S. The van der Waals surface area contributed by atoms with Gasteiger partial charge in [0.25, 0.3) is 0 Å². The molecule has 1 aromatic heterocycles. The summed E-state index contributed by atoms with van der Waals surface area (Å²) in [6.45, 7) is 1.99. The number of ether oxygens (including phenoxy) is 1. The number of carbonyl (C=O) groups excluding carboxylic acids is 1. The molecule has 0 aliphatic rings. The van der Waals surface area contributed by atoms with Crippen LogP contribution in [0, 0.1) is 12.3 Å². The van der Waals surface area contributed by atoms with Crippen LogP contribution in [0.15, 0.2) is 35.6 Å². The van der Waals surface area contributed by atoms with Crippen molar-refractivity contribution >= 4 is 17.7 Å². The lowest BCUT2D eigenvalue weighted by Crippen LogP contribution is -2.28. The van der Waals surface area contributed by atoms with Crippen molar-refractivity contribution in [3.05, 3.63) is 47.1 Å². The summed E-state index contributed by atoms with van der Waals surface area (Å²) in [6.07, 6.45) is 3.26. The van der Waals surface area contributed by atoms with Gasteiger partial charge in [0, 0.05) is 11.9 Å². The van der Waals surface area contributed by atoms with Crippen molar-refractivity contribution in [3.8, 4) is 5.69 Å². The molecule has 0 saturated carbocycles. The molecular weight excluding hydrogens is 274 g/mol. The minimum absolute atomic E-state index is 0.0695. The second-order valence-corrected chi connectivity index (χ2v) is 4.94. The van der Waals surface area contributed by atoms with E-state index in [4.69, 9.17) is 5.41 Å². The van der Waals surface area contributed by atoms with Gasteiger partial charge in [-0.05, 0) is 25.3 Å². The van der Waals surface area contributed by atoms with Gasteiger partial charge in [0.1, 0.15) is 11.1 Å². The van der Waals surface area contributed by atoms with Crippen LogP contribution in [0.2, 0.25) is 0 Å². The average Bonchev–Trinajstić information content (AvgIpc) is 2.47. The molecule has 1 heterocycles. The Morgan fingerprint density at radius 2 is 2.00 bits per heavy atom. The van der Waals surface area contributed by atoms with Crippen molar-refractivity contribution in [1.29, 1.82) is 5.41 Å². The summed E-state index contributed by atoms with van der Waals surface area (Å²) in [5.41, 5.74) is 2.14. The third-order valence-corrected chi connectivity index (χ3v) is 3.51. The van der Waals surface area contributed by atoms with Crippen molar-refractivity contribution in [3.63, 3.8) is 0 Å². The summed E-state index contributed by atoms with van der Waals surface area (Å²) in [7, 11) is 1.29. The predicted molar refractivity (Wildman–Crippen MR) is 77.3 cm³/mol. The minimum atomic E-state index is -0.559. The monoisotopic (exact) mass is 289 g/mol. The van der Waals surface area contributed by atoms with Gasteiger partial charge < -0.3 is 4.74 Å². The number of hydrogen-bond donors (Lipinski definition) is 1. The number of esters is 1. The van der Waals surface area contributed by atoms with Crippen LogP contribution >= 0.6 is 11.8 Å². The second-order valence-electron chi connectivity index (χ2n) is 4.17. The normalized spacial score (nSPS) is 10.3. The summed E-state index contributed by atoms with van der Waals surface area (Å²) in [6, 6.07) is 7.71. The summed E-state index contributed by atoms with van der Waals surface area (Å²) < 4.78 is 6.32. The van der Waals surface area contributed by atoms with Crippen LogP contribution in [-0.2, 0) is 4.74 Å². The van der Waals surface area contributed by atoms with Crippen LogP contribution < -0.4 is 5.49 Å². The highest BCUT2D eigenvalue weighted by molar-refractivity contribution is 7.98. The molecule has 0 radical (unpaired) electrons. The lowest BCUT2D eigenvalue weighted by Gasteiger charge is -2.13. The molecule has 1 aromatic carbocycles. The second kappa shape index (κ2) is 5.92. The van der Waals surface area contributed by atoms with Gasteiger partial charge in [-0.1, -0.05) is 29.5 Å². The van der Waals surface area contributed by atoms with Crippen LogP contribution in [0.1, 0.15) is 15.9 Å². The Hall–Kier alpha value is -2.08. The van der Waals surface area contributed by atoms with Gasteiger partial charge in [0.05, 0.1) is 7.11 Å². The van der Waals surface area contributed by atoms with Crippen molar-refractivity contribution < 1.29 is 9.53 Å². The van der Waals surface area contributed by atoms with E-state index in [1.807, 2.05) is 37.4 Å². The van der Waals surface area contributed by atoms with E-state index in [1.54, 1.807) is 4.57 Å². The maximum Gasteiger partial charge on any atom is 0.343 e. The summed E-state index contributed by atoms with van der Waals surface area (Å²) in [5.74, 6) is -0.559. The van der Waals surface area contributed by atoms with Crippen molar-refractivity contribution in [2.75, 3.05) is 13.4 Å². The Morgan fingerprint density at radius 3 is 2.55 bits per heavy atom. The molecule has 0 fully saturated rings. The third-order valence-electron chi connectivity index (χ3n) is 2.85. The number of nitrogens with zero attached hydrogens (tertiary/aromatic N) is 2. The van der Waals surface area contributed by atoms with Gasteiger partial charge in [0.2, 0.25) is 0 Å². The zero-order valence-electron chi connectivity index (χ0n) is 11.5. The molecule has 2 aromatic rings. The topological polar surface area (TPSA) is 68.0 Å². The van der Waals surface area contributed by atoms with E-state index in [1.165, 1.54) is 25.1 Å². The number of nitrogens with one attached hydrogen (secondary N) is 1. The SMILES string of the molecule is COC(=O)c1cnc(SC)n(-c2ccc(C)cc2)c1=N. The van der Waals surface area contributed by atoms with E-state index in [2.05, 4.69) is 9.72 Å². The lowest BCUT2D eigenvalue weighted by atomic mass is 10.2. The van der Waals surface area contributed by atoms with E-state index in [-0.39, 0.29) is 11.1 Å². The minimum Gasteiger partial charge on any atom is -0.465 e. The number of carbonyl (C=O) groups is 1. The summed E-state index contributed by atoms with van der Waals surface area (Å²) >= 11 is 1.42. The maximum absolute atomic E-state index is 11.7. The molecule has 0 amide bonds. The van der Waals surface area contributed by atoms with Gasteiger partial charge in [-0.3, -0.25) is 9.98 Å². The van der Waals surface area contributed by atoms with Gasteiger partial charge in [0.15, 0.2) is 5.16 Å². The number of aryl methyl sites for hydroxylation is 1. The largest absolute Gasteiger partial charge is 0.465 e. The molecule has 0 saturated heterocycles. The van der Waals surface area contributed by atoms with E-state index in [0.29, 0.717) is 5.16 Å². The molecule has 0 unspecified atom stereocenters. The Balaban J connectivity index is 2.69. The summed E-state index contributed by atoms with van der Waals surface area (Å²) in [5, 5.41) is 8.87. The van der Waals surface area contributed by atoms with Crippen LogP contribution in [-0.4, -0.2) is 28.9 Å². The Bertz CT molecular complexity index is 693.